The summed E-state index contributed by atoms with van der Waals surface area (Å²) in [5.41, 5.74) is 1.45. The van der Waals surface area contributed by atoms with Gasteiger partial charge in [-0.05, 0) is 33.3 Å². The summed E-state index contributed by atoms with van der Waals surface area (Å²) >= 11 is 0. The monoisotopic (exact) mass is 214 g/mol. The zero-order valence-corrected chi connectivity index (χ0v) is 9.92. The molecule has 0 unspecified atom stereocenters. The predicted molar refractivity (Wildman–Crippen MR) is 55.3 cm³/mol. The van der Waals surface area contributed by atoms with Gasteiger partial charge in [-0.15, -0.1) is 0 Å². The molecule has 1 aliphatic rings. The van der Waals surface area contributed by atoms with Gasteiger partial charge in [-0.1, -0.05) is 0 Å². The maximum atomic E-state index is 11.3. The van der Waals surface area contributed by atoms with Gasteiger partial charge in [0.2, 0.25) is 0 Å². The van der Waals surface area contributed by atoms with Crippen LogP contribution in [0.1, 0.15) is 27.7 Å². The highest BCUT2D eigenvalue weighted by Gasteiger charge is 2.34. The topological polar surface area (TPSA) is 44.8 Å². The average molecular weight is 214 g/mol. The van der Waals surface area contributed by atoms with Crippen LogP contribution in [0.15, 0.2) is 11.1 Å². The lowest BCUT2D eigenvalue weighted by atomic mass is 10.1. The fourth-order valence-corrected chi connectivity index (χ4v) is 1.46. The van der Waals surface area contributed by atoms with Crippen LogP contribution >= 0.6 is 0 Å². The van der Waals surface area contributed by atoms with Gasteiger partial charge < -0.3 is 14.2 Å². The van der Waals surface area contributed by atoms with E-state index in [2.05, 4.69) is 4.74 Å². The van der Waals surface area contributed by atoms with Gasteiger partial charge in [0.05, 0.1) is 13.7 Å². The second-order valence-electron chi connectivity index (χ2n) is 4.12. The Morgan fingerprint density at radius 2 is 2.00 bits per heavy atom. The van der Waals surface area contributed by atoms with Crippen molar-refractivity contribution in [1.29, 1.82) is 0 Å². The molecule has 0 aliphatic carbocycles. The van der Waals surface area contributed by atoms with Crippen molar-refractivity contribution in [2.24, 2.45) is 0 Å². The summed E-state index contributed by atoms with van der Waals surface area (Å²) in [6.07, 6.45) is -0.154. The van der Waals surface area contributed by atoms with Crippen LogP contribution in [0.4, 0.5) is 0 Å². The van der Waals surface area contributed by atoms with Gasteiger partial charge in [0.1, 0.15) is 6.10 Å². The van der Waals surface area contributed by atoms with Crippen molar-refractivity contribution in [2.45, 2.75) is 39.6 Å². The van der Waals surface area contributed by atoms with Gasteiger partial charge in [-0.2, -0.15) is 0 Å². The van der Waals surface area contributed by atoms with E-state index in [-0.39, 0.29) is 12.1 Å². The molecule has 0 N–H and O–H groups in total. The van der Waals surface area contributed by atoms with Gasteiger partial charge in [-0.3, -0.25) is 0 Å². The lowest BCUT2D eigenvalue weighted by Gasteiger charge is -2.18. The molecule has 0 aromatic rings. The zero-order valence-electron chi connectivity index (χ0n) is 9.92. The lowest BCUT2D eigenvalue weighted by molar-refractivity contribution is -0.138. The van der Waals surface area contributed by atoms with Gasteiger partial charge in [0, 0.05) is 5.57 Å². The van der Waals surface area contributed by atoms with E-state index < -0.39 is 5.79 Å². The Balaban J connectivity index is 2.77. The average Bonchev–Trinajstić information content (AvgIpc) is 2.55. The molecule has 4 nitrogen and oxygen atoms in total. The standard InChI is InChI=1S/C11H18O4/c1-7(8(2)10(12)13-5)9-6-14-11(3,4)15-9/h9H,6H2,1-5H3/b8-7+/t9-/m1/s1. The van der Waals surface area contributed by atoms with Crippen molar-refractivity contribution < 1.29 is 19.0 Å². The molecule has 0 amide bonds. The van der Waals surface area contributed by atoms with Crippen LogP contribution in [0, 0.1) is 0 Å². The van der Waals surface area contributed by atoms with Crippen molar-refractivity contribution in [2.75, 3.05) is 13.7 Å². The van der Waals surface area contributed by atoms with Gasteiger partial charge >= 0.3 is 5.97 Å². The Bertz CT molecular complexity index is 291. The molecule has 86 valence electrons. The third kappa shape index (κ3) is 2.79. The Labute approximate surface area is 90.2 Å². The smallest absolute Gasteiger partial charge is 0.333 e. The maximum absolute atomic E-state index is 11.3. The summed E-state index contributed by atoms with van der Waals surface area (Å²) in [5.74, 6) is -0.886. The summed E-state index contributed by atoms with van der Waals surface area (Å²) in [6, 6.07) is 0. The maximum Gasteiger partial charge on any atom is 0.333 e. The van der Waals surface area contributed by atoms with Crippen molar-refractivity contribution in [3.8, 4) is 0 Å². The molecule has 0 spiro atoms. The summed E-state index contributed by atoms with van der Waals surface area (Å²) in [7, 11) is 1.37. The number of esters is 1. The number of hydrogen-bond acceptors (Lipinski definition) is 4. The molecule has 0 radical (unpaired) electrons. The molecule has 1 heterocycles. The highest BCUT2D eigenvalue weighted by molar-refractivity contribution is 5.88. The number of methoxy groups -OCH3 is 1. The zero-order chi connectivity index (χ0) is 11.6. The predicted octanol–water partition coefficient (Wildman–Crippen LogP) is 1.65. The number of carbonyl (C=O) groups excluding carboxylic acids is 1. The fraction of sp³-hybridized carbons (Fsp3) is 0.727. The van der Waals surface area contributed by atoms with Crippen molar-refractivity contribution in [3.63, 3.8) is 0 Å². The summed E-state index contributed by atoms with van der Waals surface area (Å²) in [4.78, 5) is 11.3. The molecule has 4 heteroatoms. The number of ether oxygens (including phenoxy) is 3. The van der Waals surface area contributed by atoms with Crippen LogP contribution in [0.25, 0.3) is 0 Å². The Morgan fingerprint density at radius 3 is 2.40 bits per heavy atom. The molecule has 0 aromatic carbocycles. The molecule has 1 aliphatic heterocycles. The number of rotatable bonds is 2. The van der Waals surface area contributed by atoms with E-state index in [9.17, 15) is 4.79 Å². The van der Waals surface area contributed by atoms with Crippen LogP contribution in [0.3, 0.4) is 0 Å². The van der Waals surface area contributed by atoms with E-state index in [1.807, 2.05) is 20.8 Å². The number of carbonyl (C=O) groups is 1. The molecule has 1 saturated heterocycles. The Hall–Kier alpha value is -0.870. The first-order valence-corrected chi connectivity index (χ1v) is 4.95. The Morgan fingerprint density at radius 1 is 1.40 bits per heavy atom. The van der Waals surface area contributed by atoms with Crippen molar-refractivity contribution in [3.05, 3.63) is 11.1 Å². The van der Waals surface area contributed by atoms with Crippen LogP contribution in [0.5, 0.6) is 0 Å². The first-order chi connectivity index (χ1) is 6.87. The van der Waals surface area contributed by atoms with E-state index in [4.69, 9.17) is 9.47 Å². The highest BCUT2D eigenvalue weighted by Crippen LogP contribution is 2.27. The third-order valence-corrected chi connectivity index (χ3v) is 2.57. The van der Waals surface area contributed by atoms with E-state index in [1.54, 1.807) is 6.92 Å². The van der Waals surface area contributed by atoms with E-state index in [0.29, 0.717) is 12.2 Å². The largest absolute Gasteiger partial charge is 0.466 e. The molecular weight excluding hydrogens is 196 g/mol. The molecule has 15 heavy (non-hydrogen) atoms. The molecule has 1 rings (SSSR count). The van der Waals surface area contributed by atoms with Crippen LogP contribution < -0.4 is 0 Å². The minimum atomic E-state index is -0.567. The molecule has 0 saturated carbocycles. The number of hydrogen-bond donors (Lipinski definition) is 0. The second kappa shape index (κ2) is 4.33. The van der Waals surface area contributed by atoms with E-state index >= 15 is 0 Å². The van der Waals surface area contributed by atoms with Crippen LogP contribution in [0.2, 0.25) is 0 Å². The first-order valence-electron chi connectivity index (χ1n) is 4.95. The van der Waals surface area contributed by atoms with Crippen LogP contribution in [-0.2, 0) is 19.0 Å². The van der Waals surface area contributed by atoms with Crippen LogP contribution in [-0.4, -0.2) is 31.6 Å². The molecule has 1 atom stereocenters. The van der Waals surface area contributed by atoms with Crippen molar-refractivity contribution in [1.82, 2.24) is 0 Å². The minimum absolute atomic E-state index is 0.154. The van der Waals surface area contributed by atoms with Gasteiger partial charge in [0.25, 0.3) is 0 Å². The second-order valence-corrected chi connectivity index (χ2v) is 4.12. The highest BCUT2D eigenvalue weighted by atomic mass is 16.7. The van der Waals surface area contributed by atoms with Crippen molar-refractivity contribution >= 4 is 5.97 Å². The lowest BCUT2D eigenvalue weighted by Crippen LogP contribution is -2.23. The van der Waals surface area contributed by atoms with Gasteiger partial charge in [-0.25, -0.2) is 4.79 Å². The SMILES string of the molecule is COC(=O)/C(C)=C(\C)[C@H]1COC(C)(C)O1. The van der Waals surface area contributed by atoms with E-state index in [1.165, 1.54) is 7.11 Å². The minimum Gasteiger partial charge on any atom is -0.466 e. The Kier molecular flexibility index (Phi) is 3.52. The molecular formula is C11H18O4. The quantitative estimate of drug-likeness (QED) is 0.518. The van der Waals surface area contributed by atoms with E-state index in [0.717, 1.165) is 5.57 Å². The first kappa shape index (κ1) is 12.2. The fourth-order valence-electron chi connectivity index (χ4n) is 1.46. The molecule has 0 bridgehead atoms. The summed E-state index contributed by atoms with van der Waals surface area (Å²) in [5, 5.41) is 0. The molecule has 1 fully saturated rings. The normalized spacial score (nSPS) is 26.1. The molecule has 0 aromatic heterocycles. The third-order valence-electron chi connectivity index (χ3n) is 2.57. The van der Waals surface area contributed by atoms with Gasteiger partial charge in [0.15, 0.2) is 5.79 Å². The summed E-state index contributed by atoms with van der Waals surface area (Å²) in [6.45, 7) is 7.78. The summed E-state index contributed by atoms with van der Waals surface area (Å²) < 4.78 is 15.7.